The van der Waals surface area contributed by atoms with Crippen LogP contribution in [0, 0.1) is 0 Å². The fourth-order valence-electron chi connectivity index (χ4n) is 3.50. The lowest BCUT2D eigenvalue weighted by atomic mass is 9.95. The summed E-state index contributed by atoms with van der Waals surface area (Å²) in [7, 11) is 1.54. The minimum absolute atomic E-state index is 0.0206. The minimum atomic E-state index is -0.755. The van der Waals surface area contributed by atoms with Crippen molar-refractivity contribution < 1.29 is 29.3 Å². The van der Waals surface area contributed by atoms with Gasteiger partial charge in [-0.3, -0.25) is 9.59 Å². The SMILES string of the molecule is CCOCCCN1C(=O)C(=O)/C(=C(\O)c2ccc(OC)cc2)C1c1ccc(O)cc1. The van der Waals surface area contributed by atoms with Crippen LogP contribution in [0.5, 0.6) is 11.5 Å². The number of aliphatic hydroxyl groups excluding tert-OH is 1. The van der Waals surface area contributed by atoms with Gasteiger partial charge in [-0.05, 0) is 55.3 Å². The van der Waals surface area contributed by atoms with Gasteiger partial charge in [-0.15, -0.1) is 0 Å². The molecule has 1 aliphatic rings. The summed E-state index contributed by atoms with van der Waals surface area (Å²) in [5.41, 5.74) is 1.05. The van der Waals surface area contributed by atoms with E-state index in [1.165, 1.54) is 24.1 Å². The van der Waals surface area contributed by atoms with Gasteiger partial charge >= 0.3 is 0 Å². The normalized spacial score (nSPS) is 18.1. The van der Waals surface area contributed by atoms with E-state index in [1.807, 2.05) is 6.92 Å². The number of ketones is 1. The van der Waals surface area contributed by atoms with Gasteiger partial charge in [0.05, 0.1) is 18.7 Å². The van der Waals surface area contributed by atoms with Gasteiger partial charge in [-0.2, -0.15) is 0 Å². The Kier molecular flexibility index (Phi) is 6.74. The summed E-state index contributed by atoms with van der Waals surface area (Å²) in [6.07, 6.45) is 0.554. The zero-order valence-electron chi connectivity index (χ0n) is 17.0. The lowest BCUT2D eigenvalue weighted by Crippen LogP contribution is -2.31. The van der Waals surface area contributed by atoms with Crippen LogP contribution >= 0.6 is 0 Å². The Morgan fingerprint density at radius 3 is 2.33 bits per heavy atom. The molecule has 0 saturated carbocycles. The molecule has 1 unspecified atom stereocenters. The number of hydrogen-bond acceptors (Lipinski definition) is 6. The quantitative estimate of drug-likeness (QED) is 0.300. The van der Waals surface area contributed by atoms with Gasteiger partial charge in [0.2, 0.25) is 0 Å². The highest BCUT2D eigenvalue weighted by atomic mass is 16.5. The number of benzene rings is 2. The number of aromatic hydroxyl groups is 1. The number of rotatable bonds is 8. The molecule has 1 amide bonds. The molecule has 1 saturated heterocycles. The number of hydrogen-bond donors (Lipinski definition) is 2. The molecule has 2 aromatic carbocycles. The van der Waals surface area contributed by atoms with Crippen molar-refractivity contribution in [3.05, 3.63) is 65.2 Å². The number of phenols is 1. The van der Waals surface area contributed by atoms with E-state index in [-0.39, 0.29) is 17.1 Å². The van der Waals surface area contributed by atoms with E-state index in [0.717, 1.165) is 0 Å². The van der Waals surface area contributed by atoms with Crippen molar-refractivity contribution in [2.75, 3.05) is 26.9 Å². The zero-order valence-corrected chi connectivity index (χ0v) is 17.0. The van der Waals surface area contributed by atoms with E-state index in [0.29, 0.717) is 43.1 Å². The van der Waals surface area contributed by atoms with E-state index in [1.54, 1.807) is 36.4 Å². The Hall–Kier alpha value is -3.32. The fraction of sp³-hybridized carbons (Fsp3) is 0.304. The molecule has 0 radical (unpaired) electrons. The van der Waals surface area contributed by atoms with E-state index in [9.17, 15) is 19.8 Å². The van der Waals surface area contributed by atoms with Gasteiger partial charge in [-0.1, -0.05) is 12.1 Å². The summed E-state index contributed by atoms with van der Waals surface area (Å²) >= 11 is 0. The minimum Gasteiger partial charge on any atom is -0.508 e. The van der Waals surface area contributed by atoms with Crippen molar-refractivity contribution in [3.63, 3.8) is 0 Å². The maximum absolute atomic E-state index is 12.9. The van der Waals surface area contributed by atoms with Crippen LogP contribution < -0.4 is 4.74 Å². The Morgan fingerprint density at radius 2 is 1.73 bits per heavy atom. The van der Waals surface area contributed by atoms with Crippen molar-refractivity contribution in [1.82, 2.24) is 4.90 Å². The molecule has 1 heterocycles. The maximum atomic E-state index is 12.9. The number of Topliss-reactive ketones (excluding diaryl/α,β-unsaturated/α-hetero) is 1. The van der Waals surface area contributed by atoms with Gasteiger partial charge < -0.3 is 24.6 Å². The molecule has 1 fully saturated rings. The summed E-state index contributed by atoms with van der Waals surface area (Å²) < 4.78 is 10.5. The number of likely N-dealkylation sites (tertiary alicyclic amines) is 1. The Balaban J connectivity index is 2.04. The molecule has 7 heteroatoms. The molecule has 30 heavy (non-hydrogen) atoms. The highest BCUT2D eigenvalue weighted by Gasteiger charge is 2.45. The predicted molar refractivity (Wildman–Crippen MR) is 111 cm³/mol. The highest BCUT2D eigenvalue weighted by molar-refractivity contribution is 6.46. The summed E-state index contributed by atoms with van der Waals surface area (Å²) in [5.74, 6) is -0.973. The molecular formula is C23H25NO6. The van der Waals surface area contributed by atoms with Crippen molar-refractivity contribution >= 4 is 17.4 Å². The Morgan fingerprint density at radius 1 is 1.07 bits per heavy atom. The molecule has 2 N–H and O–H groups in total. The Labute approximate surface area is 175 Å². The maximum Gasteiger partial charge on any atom is 0.295 e. The molecule has 0 aliphatic carbocycles. The van der Waals surface area contributed by atoms with Gasteiger partial charge in [0, 0.05) is 25.3 Å². The van der Waals surface area contributed by atoms with Crippen molar-refractivity contribution in [1.29, 1.82) is 0 Å². The van der Waals surface area contributed by atoms with Crippen molar-refractivity contribution in [3.8, 4) is 11.5 Å². The van der Waals surface area contributed by atoms with Crippen LogP contribution in [0.15, 0.2) is 54.1 Å². The third kappa shape index (κ3) is 4.31. The summed E-state index contributed by atoms with van der Waals surface area (Å²) in [6.45, 7) is 3.21. The molecule has 3 rings (SSSR count). The van der Waals surface area contributed by atoms with Crippen LogP contribution in [0.4, 0.5) is 0 Å². The topological polar surface area (TPSA) is 96.3 Å². The first-order chi connectivity index (χ1) is 14.5. The van der Waals surface area contributed by atoms with Crippen LogP contribution in [0.1, 0.15) is 30.5 Å². The molecule has 1 aliphatic heterocycles. The number of carbonyl (C=O) groups excluding carboxylic acids is 2. The van der Waals surface area contributed by atoms with Crippen LogP contribution in [-0.2, 0) is 14.3 Å². The molecular weight excluding hydrogens is 386 g/mol. The second-order valence-electron chi connectivity index (χ2n) is 6.86. The van der Waals surface area contributed by atoms with E-state index < -0.39 is 17.7 Å². The largest absolute Gasteiger partial charge is 0.508 e. The fourth-order valence-corrected chi connectivity index (χ4v) is 3.50. The van der Waals surface area contributed by atoms with E-state index >= 15 is 0 Å². The van der Waals surface area contributed by atoms with Crippen LogP contribution in [0.25, 0.3) is 5.76 Å². The van der Waals surface area contributed by atoms with Crippen LogP contribution in [0.3, 0.4) is 0 Å². The highest BCUT2D eigenvalue weighted by Crippen LogP contribution is 2.40. The smallest absolute Gasteiger partial charge is 0.295 e. The summed E-state index contributed by atoms with van der Waals surface area (Å²) in [4.78, 5) is 27.1. The second kappa shape index (κ2) is 9.45. The summed E-state index contributed by atoms with van der Waals surface area (Å²) in [6, 6.07) is 12.1. The molecule has 158 valence electrons. The molecule has 0 aromatic heterocycles. The molecule has 2 aromatic rings. The number of aliphatic hydroxyl groups is 1. The average molecular weight is 411 g/mol. The zero-order chi connectivity index (χ0) is 21.7. The van der Waals surface area contributed by atoms with Crippen molar-refractivity contribution in [2.45, 2.75) is 19.4 Å². The molecule has 0 spiro atoms. The monoisotopic (exact) mass is 411 g/mol. The number of nitrogens with zero attached hydrogens (tertiary/aromatic N) is 1. The van der Waals surface area contributed by atoms with Crippen molar-refractivity contribution in [2.24, 2.45) is 0 Å². The van der Waals surface area contributed by atoms with E-state index in [2.05, 4.69) is 0 Å². The predicted octanol–water partition coefficient (Wildman–Crippen LogP) is 3.25. The number of ether oxygens (including phenoxy) is 2. The number of amides is 1. The molecule has 0 bridgehead atoms. The van der Waals surface area contributed by atoms with Crippen LogP contribution in [0.2, 0.25) is 0 Å². The average Bonchev–Trinajstić information content (AvgIpc) is 3.01. The molecule has 7 nitrogen and oxygen atoms in total. The lowest BCUT2D eigenvalue weighted by Gasteiger charge is -2.25. The third-order valence-corrected chi connectivity index (χ3v) is 5.00. The number of carbonyl (C=O) groups is 2. The Bertz CT molecular complexity index is 933. The third-order valence-electron chi connectivity index (χ3n) is 5.00. The second-order valence-corrected chi connectivity index (χ2v) is 6.86. The summed E-state index contributed by atoms with van der Waals surface area (Å²) in [5, 5.41) is 20.6. The van der Waals surface area contributed by atoms with Crippen LogP contribution in [-0.4, -0.2) is 53.7 Å². The number of methoxy groups -OCH3 is 1. The number of phenolic OH excluding ortho intramolecular Hbond substituents is 1. The van der Waals surface area contributed by atoms with E-state index in [4.69, 9.17) is 9.47 Å². The van der Waals surface area contributed by atoms with Gasteiger partial charge in [-0.25, -0.2) is 0 Å². The first kappa shape index (κ1) is 21.4. The lowest BCUT2D eigenvalue weighted by molar-refractivity contribution is -0.140. The van der Waals surface area contributed by atoms with Gasteiger partial charge in [0.15, 0.2) is 0 Å². The first-order valence-electron chi connectivity index (χ1n) is 9.77. The molecule has 1 atom stereocenters. The first-order valence-corrected chi connectivity index (χ1v) is 9.77. The standard InChI is InChI=1S/C23H25NO6/c1-3-30-14-4-13-24-20(15-5-9-17(25)10-6-15)19(22(27)23(24)28)21(26)16-7-11-18(29-2)12-8-16/h5-12,20,25-26H,3-4,13-14H2,1-2H3/b21-19-. The van der Waals surface area contributed by atoms with Gasteiger partial charge in [0.25, 0.3) is 11.7 Å². The van der Waals surface area contributed by atoms with Gasteiger partial charge in [0.1, 0.15) is 17.3 Å².